The predicted octanol–water partition coefficient (Wildman–Crippen LogP) is 3.45. The zero-order valence-corrected chi connectivity index (χ0v) is 17.0. The first-order valence-electron chi connectivity index (χ1n) is 10.1. The van der Waals surface area contributed by atoms with Gasteiger partial charge in [0.25, 0.3) is 5.91 Å². The van der Waals surface area contributed by atoms with Gasteiger partial charge in [0.05, 0.1) is 25.4 Å². The first-order valence-corrected chi connectivity index (χ1v) is 10.1. The van der Waals surface area contributed by atoms with Crippen LogP contribution < -0.4 is 9.47 Å². The van der Waals surface area contributed by atoms with E-state index in [9.17, 15) is 4.79 Å². The van der Waals surface area contributed by atoms with Crippen LogP contribution >= 0.6 is 0 Å². The van der Waals surface area contributed by atoms with Crippen LogP contribution in [0.4, 0.5) is 0 Å². The van der Waals surface area contributed by atoms with Gasteiger partial charge in [-0.15, -0.1) is 0 Å². The van der Waals surface area contributed by atoms with E-state index in [-0.39, 0.29) is 18.4 Å². The second-order valence-corrected chi connectivity index (χ2v) is 7.35. The van der Waals surface area contributed by atoms with Gasteiger partial charge in [0.1, 0.15) is 17.3 Å². The highest BCUT2D eigenvalue weighted by Gasteiger charge is 2.28. The number of carbonyl (C=O) groups excluding carboxylic acids is 1. The Morgan fingerprint density at radius 3 is 2.97 bits per heavy atom. The standard InChI is InChI=1S/C23H25N3O4/c1-28-19-7-2-5-17(11-19)12-21-14-25-23(30-21)18-6-4-10-26(15-18)22(27)16-29-20-8-3-9-24-13-20/h2-3,5,7-9,11,13-14,18H,4,6,10,12,15-16H2,1H3/t18-/m0/s1. The van der Waals surface area contributed by atoms with Crippen molar-refractivity contribution in [1.82, 2.24) is 14.9 Å². The molecule has 7 heteroatoms. The quantitative estimate of drug-likeness (QED) is 0.597. The minimum atomic E-state index is -0.0355. The number of methoxy groups -OCH3 is 1. The van der Waals surface area contributed by atoms with Gasteiger partial charge in [0.2, 0.25) is 0 Å². The maximum atomic E-state index is 12.6. The van der Waals surface area contributed by atoms with Gasteiger partial charge in [0.15, 0.2) is 12.5 Å². The Bertz CT molecular complexity index is 973. The molecule has 0 saturated carbocycles. The van der Waals surface area contributed by atoms with E-state index in [0.717, 1.165) is 36.5 Å². The third kappa shape index (κ3) is 4.97. The molecule has 1 aliphatic heterocycles. The van der Waals surface area contributed by atoms with Gasteiger partial charge in [-0.3, -0.25) is 9.78 Å². The van der Waals surface area contributed by atoms with E-state index in [4.69, 9.17) is 13.9 Å². The number of hydrogen-bond donors (Lipinski definition) is 0. The molecule has 1 fully saturated rings. The molecular weight excluding hydrogens is 382 g/mol. The molecule has 0 unspecified atom stereocenters. The number of pyridine rings is 1. The molecule has 3 heterocycles. The van der Waals surface area contributed by atoms with E-state index >= 15 is 0 Å². The molecule has 7 nitrogen and oxygen atoms in total. The Kier molecular flexibility index (Phi) is 6.27. The minimum absolute atomic E-state index is 0.00505. The molecule has 2 aromatic heterocycles. The third-order valence-corrected chi connectivity index (χ3v) is 5.20. The van der Waals surface area contributed by atoms with Crippen LogP contribution in [0, 0.1) is 0 Å². The number of benzene rings is 1. The molecule has 3 aromatic rings. The average molecular weight is 407 g/mol. The molecule has 156 valence electrons. The van der Waals surface area contributed by atoms with E-state index in [1.807, 2.05) is 29.2 Å². The molecule has 0 radical (unpaired) electrons. The predicted molar refractivity (Wildman–Crippen MR) is 111 cm³/mol. The molecule has 0 spiro atoms. The first-order chi connectivity index (χ1) is 14.7. The summed E-state index contributed by atoms with van der Waals surface area (Å²) in [6.07, 6.45) is 7.56. The third-order valence-electron chi connectivity index (χ3n) is 5.20. The minimum Gasteiger partial charge on any atom is -0.497 e. The fraction of sp³-hybridized carbons (Fsp3) is 0.348. The average Bonchev–Trinajstić information content (AvgIpc) is 3.27. The fourth-order valence-electron chi connectivity index (χ4n) is 3.65. The Hall–Kier alpha value is -3.35. The van der Waals surface area contributed by atoms with Crippen LogP contribution in [0.15, 0.2) is 59.4 Å². The van der Waals surface area contributed by atoms with Crippen molar-refractivity contribution >= 4 is 5.91 Å². The van der Waals surface area contributed by atoms with E-state index < -0.39 is 0 Å². The highest BCUT2D eigenvalue weighted by atomic mass is 16.5. The highest BCUT2D eigenvalue weighted by molar-refractivity contribution is 5.78. The molecule has 0 aliphatic carbocycles. The second-order valence-electron chi connectivity index (χ2n) is 7.35. The Morgan fingerprint density at radius 2 is 2.13 bits per heavy atom. The van der Waals surface area contributed by atoms with Crippen molar-refractivity contribution in [2.45, 2.75) is 25.2 Å². The molecule has 1 atom stereocenters. The number of piperidine rings is 1. The molecule has 4 rings (SSSR count). The SMILES string of the molecule is COc1cccc(Cc2cnc([C@H]3CCCN(C(=O)COc4cccnc4)C3)o2)c1. The zero-order valence-electron chi connectivity index (χ0n) is 17.0. The van der Waals surface area contributed by atoms with Crippen LogP contribution in [0.25, 0.3) is 0 Å². The number of nitrogens with zero attached hydrogens (tertiary/aromatic N) is 3. The molecule has 1 aliphatic rings. The van der Waals surface area contributed by atoms with Crippen molar-refractivity contribution in [3.05, 3.63) is 72.2 Å². The van der Waals surface area contributed by atoms with Crippen LogP contribution in [0.2, 0.25) is 0 Å². The Labute approximate surface area is 175 Å². The van der Waals surface area contributed by atoms with Crippen molar-refractivity contribution < 1.29 is 18.7 Å². The summed E-state index contributed by atoms with van der Waals surface area (Å²) >= 11 is 0. The van der Waals surface area contributed by atoms with Crippen molar-refractivity contribution in [2.24, 2.45) is 0 Å². The lowest BCUT2D eigenvalue weighted by atomic mass is 9.98. The van der Waals surface area contributed by atoms with Gasteiger partial charge in [-0.1, -0.05) is 12.1 Å². The molecular formula is C23H25N3O4. The lowest BCUT2D eigenvalue weighted by molar-refractivity contribution is -0.134. The summed E-state index contributed by atoms with van der Waals surface area (Å²) in [5.41, 5.74) is 1.10. The van der Waals surface area contributed by atoms with Gasteiger partial charge in [0, 0.05) is 25.7 Å². The van der Waals surface area contributed by atoms with Gasteiger partial charge in [-0.05, 0) is 42.7 Å². The van der Waals surface area contributed by atoms with E-state index in [0.29, 0.717) is 24.6 Å². The molecule has 0 N–H and O–H groups in total. The number of rotatable bonds is 7. The molecule has 1 amide bonds. The maximum absolute atomic E-state index is 12.6. The largest absolute Gasteiger partial charge is 0.497 e. The smallest absolute Gasteiger partial charge is 0.260 e. The van der Waals surface area contributed by atoms with E-state index in [2.05, 4.69) is 9.97 Å². The van der Waals surface area contributed by atoms with Gasteiger partial charge < -0.3 is 18.8 Å². The summed E-state index contributed by atoms with van der Waals surface area (Å²) in [6, 6.07) is 11.5. The monoisotopic (exact) mass is 407 g/mol. The van der Waals surface area contributed by atoms with Gasteiger partial charge in [-0.25, -0.2) is 4.98 Å². The van der Waals surface area contributed by atoms with Gasteiger partial charge in [-0.2, -0.15) is 0 Å². The molecule has 30 heavy (non-hydrogen) atoms. The maximum Gasteiger partial charge on any atom is 0.260 e. The van der Waals surface area contributed by atoms with Gasteiger partial charge >= 0.3 is 0 Å². The topological polar surface area (TPSA) is 77.7 Å². The molecule has 0 bridgehead atoms. The summed E-state index contributed by atoms with van der Waals surface area (Å²) in [5, 5.41) is 0. The summed E-state index contributed by atoms with van der Waals surface area (Å²) in [4.78, 5) is 22.9. The Balaban J connectivity index is 1.34. The lowest BCUT2D eigenvalue weighted by Crippen LogP contribution is -2.41. The number of oxazole rings is 1. The van der Waals surface area contributed by atoms with Crippen molar-refractivity contribution in [3.8, 4) is 11.5 Å². The van der Waals surface area contributed by atoms with Crippen LogP contribution in [-0.2, 0) is 11.2 Å². The number of aromatic nitrogens is 2. The lowest BCUT2D eigenvalue weighted by Gasteiger charge is -2.31. The number of likely N-dealkylation sites (tertiary alicyclic amines) is 1. The van der Waals surface area contributed by atoms with E-state index in [1.165, 1.54) is 0 Å². The Morgan fingerprint density at radius 1 is 1.23 bits per heavy atom. The van der Waals surface area contributed by atoms with Crippen molar-refractivity contribution in [2.75, 3.05) is 26.8 Å². The van der Waals surface area contributed by atoms with Crippen molar-refractivity contribution in [3.63, 3.8) is 0 Å². The second kappa shape index (κ2) is 9.43. The number of carbonyl (C=O) groups is 1. The summed E-state index contributed by atoms with van der Waals surface area (Å²) in [6.45, 7) is 1.32. The summed E-state index contributed by atoms with van der Waals surface area (Å²) in [5.74, 6) is 2.98. The summed E-state index contributed by atoms with van der Waals surface area (Å²) < 4.78 is 16.9. The van der Waals surface area contributed by atoms with Crippen LogP contribution in [0.1, 0.15) is 36.0 Å². The first kappa shape index (κ1) is 19.9. The van der Waals surface area contributed by atoms with Crippen molar-refractivity contribution in [1.29, 1.82) is 0 Å². The number of ether oxygens (including phenoxy) is 2. The zero-order chi connectivity index (χ0) is 20.8. The number of hydrogen-bond acceptors (Lipinski definition) is 6. The summed E-state index contributed by atoms with van der Waals surface area (Å²) in [7, 11) is 1.66. The van der Waals surface area contributed by atoms with Crippen LogP contribution in [0.5, 0.6) is 11.5 Å². The highest BCUT2D eigenvalue weighted by Crippen LogP contribution is 2.27. The number of amides is 1. The van der Waals surface area contributed by atoms with E-state index in [1.54, 1.807) is 37.8 Å². The molecule has 1 saturated heterocycles. The van der Waals surface area contributed by atoms with Crippen LogP contribution in [0.3, 0.4) is 0 Å². The fourth-order valence-corrected chi connectivity index (χ4v) is 3.65. The van der Waals surface area contributed by atoms with Crippen LogP contribution in [-0.4, -0.2) is 47.6 Å². The normalized spacial score (nSPS) is 16.3. The molecule has 1 aromatic carbocycles.